The average molecular weight is 525 g/mol. The summed E-state index contributed by atoms with van der Waals surface area (Å²) < 4.78 is 0. The maximum absolute atomic E-state index is 13.5. The molecule has 1 saturated heterocycles. The fourth-order valence-electron chi connectivity index (χ4n) is 4.40. The zero-order chi connectivity index (χ0) is 25.8. The highest BCUT2D eigenvalue weighted by Gasteiger charge is 2.26. The van der Waals surface area contributed by atoms with Crippen LogP contribution in [0.5, 0.6) is 0 Å². The van der Waals surface area contributed by atoms with Crippen LogP contribution in [0.4, 0.5) is 16.2 Å². The summed E-state index contributed by atoms with van der Waals surface area (Å²) in [6.45, 7) is 3.17. The van der Waals surface area contributed by atoms with E-state index in [1.165, 1.54) is 0 Å². The van der Waals surface area contributed by atoms with E-state index in [0.29, 0.717) is 57.6 Å². The number of nitrogens with zero attached hydrogens (tertiary/aromatic N) is 2. The van der Waals surface area contributed by atoms with Gasteiger partial charge in [-0.25, -0.2) is 4.79 Å². The van der Waals surface area contributed by atoms with E-state index >= 15 is 0 Å². The van der Waals surface area contributed by atoms with E-state index in [0.717, 1.165) is 12.0 Å². The van der Waals surface area contributed by atoms with Crippen molar-refractivity contribution >= 4 is 52.4 Å². The van der Waals surface area contributed by atoms with Crippen LogP contribution >= 0.6 is 23.2 Å². The van der Waals surface area contributed by atoms with Crippen LogP contribution in [0.3, 0.4) is 0 Å². The first-order valence-electron chi connectivity index (χ1n) is 11.6. The van der Waals surface area contributed by atoms with Crippen LogP contribution in [0.25, 0.3) is 11.1 Å². The number of rotatable bonds is 7. The Labute approximate surface area is 219 Å². The second-order valence-corrected chi connectivity index (χ2v) is 9.45. The summed E-state index contributed by atoms with van der Waals surface area (Å²) >= 11 is 12.1. The molecule has 9 heteroatoms. The van der Waals surface area contributed by atoms with Crippen molar-refractivity contribution in [2.45, 2.75) is 19.8 Å². The number of nitrogens with two attached hydrogens (primary N) is 1. The Morgan fingerprint density at radius 3 is 2.22 bits per heavy atom. The molecule has 36 heavy (non-hydrogen) atoms. The number of benzene rings is 3. The number of carbonyl (C=O) groups is 3. The molecule has 1 aliphatic heterocycles. The monoisotopic (exact) mass is 524 g/mol. The van der Waals surface area contributed by atoms with Crippen molar-refractivity contribution < 1.29 is 14.4 Å². The molecule has 3 N–H and O–H groups in total. The largest absolute Gasteiger partial charge is 0.366 e. The van der Waals surface area contributed by atoms with Crippen molar-refractivity contribution in [1.82, 2.24) is 4.90 Å². The summed E-state index contributed by atoms with van der Waals surface area (Å²) in [6.07, 6.45) is 1.33. The Morgan fingerprint density at radius 1 is 1.00 bits per heavy atom. The molecule has 0 aliphatic carbocycles. The third-order valence-electron chi connectivity index (χ3n) is 6.23. The number of halogens is 2. The molecule has 0 bridgehead atoms. The third-order valence-corrected chi connectivity index (χ3v) is 6.74. The molecule has 1 fully saturated rings. The zero-order valence-corrected chi connectivity index (χ0v) is 21.3. The first-order valence-corrected chi connectivity index (χ1v) is 12.3. The van der Waals surface area contributed by atoms with Gasteiger partial charge in [0.25, 0.3) is 0 Å². The van der Waals surface area contributed by atoms with Crippen molar-refractivity contribution in [3.05, 3.63) is 81.8 Å². The van der Waals surface area contributed by atoms with Crippen LogP contribution in [0.2, 0.25) is 10.0 Å². The number of primary amides is 1. The lowest BCUT2D eigenvalue weighted by molar-refractivity contribution is -0.127. The van der Waals surface area contributed by atoms with Gasteiger partial charge in [0.15, 0.2) is 0 Å². The summed E-state index contributed by atoms with van der Waals surface area (Å²) in [7, 11) is 0. The smallest absolute Gasteiger partial charge is 0.326 e. The minimum atomic E-state index is -0.575. The fraction of sp³-hybridized carbons (Fsp3) is 0.222. The lowest BCUT2D eigenvalue weighted by Crippen LogP contribution is -2.42. The molecular weight excluding hydrogens is 499 g/mol. The average Bonchev–Trinajstić information content (AvgIpc) is 3.26. The normalized spacial score (nSPS) is 13.1. The number of urea groups is 1. The predicted octanol–water partition coefficient (Wildman–Crippen LogP) is 5.73. The Morgan fingerprint density at radius 2 is 1.64 bits per heavy atom. The Hall–Kier alpha value is -3.55. The van der Waals surface area contributed by atoms with E-state index in [1.807, 2.05) is 19.1 Å². The molecule has 0 saturated carbocycles. The number of hydrogen-bond acceptors (Lipinski definition) is 3. The highest BCUT2D eigenvalue weighted by Crippen LogP contribution is 2.35. The highest BCUT2D eigenvalue weighted by atomic mass is 35.5. The van der Waals surface area contributed by atoms with Crippen molar-refractivity contribution in [1.29, 1.82) is 0 Å². The first-order chi connectivity index (χ1) is 17.2. The number of nitrogens with one attached hydrogen (secondary N) is 1. The van der Waals surface area contributed by atoms with Gasteiger partial charge in [-0.3, -0.25) is 14.5 Å². The van der Waals surface area contributed by atoms with Gasteiger partial charge in [-0.1, -0.05) is 35.3 Å². The van der Waals surface area contributed by atoms with Crippen LogP contribution in [-0.4, -0.2) is 42.4 Å². The molecule has 0 radical (unpaired) electrons. The number of anilines is 2. The van der Waals surface area contributed by atoms with Crippen LogP contribution in [0, 0.1) is 6.92 Å². The van der Waals surface area contributed by atoms with Crippen molar-refractivity contribution in [3.8, 4) is 11.1 Å². The van der Waals surface area contributed by atoms with Gasteiger partial charge in [0.1, 0.15) is 0 Å². The first kappa shape index (κ1) is 25.5. The van der Waals surface area contributed by atoms with Gasteiger partial charge in [-0.2, -0.15) is 0 Å². The summed E-state index contributed by atoms with van der Waals surface area (Å²) in [5.41, 5.74) is 9.29. The van der Waals surface area contributed by atoms with Gasteiger partial charge in [0, 0.05) is 53.0 Å². The van der Waals surface area contributed by atoms with E-state index in [9.17, 15) is 14.4 Å². The van der Waals surface area contributed by atoms with Gasteiger partial charge in [-0.15, -0.1) is 0 Å². The zero-order valence-electron chi connectivity index (χ0n) is 19.8. The van der Waals surface area contributed by atoms with E-state index in [1.54, 1.807) is 58.3 Å². The molecule has 0 aromatic heterocycles. The molecule has 0 atom stereocenters. The molecule has 1 heterocycles. The second-order valence-electron chi connectivity index (χ2n) is 8.58. The third kappa shape index (κ3) is 5.64. The lowest BCUT2D eigenvalue weighted by Gasteiger charge is -2.28. The molecule has 4 rings (SSSR count). The van der Waals surface area contributed by atoms with Crippen LogP contribution in [0.15, 0.2) is 60.7 Å². The lowest BCUT2D eigenvalue weighted by atomic mass is 9.93. The number of carbonyl (C=O) groups excluding carboxylic acids is 3. The van der Waals surface area contributed by atoms with E-state index in [-0.39, 0.29) is 18.5 Å². The SMILES string of the molecule is Cc1c(N(CCN2CCCC2=O)C(=O)Nc2ccc(Cl)cc2)ccc(C(N)=O)c1-c1ccc(Cl)cc1. The van der Waals surface area contributed by atoms with E-state index in [2.05, 4.69) is 5.32 Å². The maximum atomic E-state index is 13.5. The minimum Gasteiger partial charge on any atom is -0.366 e. The molecular formula is C27H26Cl2N4O3. The van der Waals surface area contributed by atoms with Crippen molar-refractivity contribution in [3.63, 3.8) is 0 Å². The second kappa shape index (κ2) is 11.0. The maximum Gasteiger partial charge on any atom is 0.326 e. The molecule has 1 aliphatic rings. The van der Waals surface area contributed by atoms with Gasteiger partial charge in [0.05, 0.1) is 0 Å². The quantitative estimate of drug-likeness (QED) is 0.413. The van der Waals surface area contributed by atoms with Crippen LogP contribution in [0.1, 0.15) is 28.8 Å². The Balaban J connectivity index is 1.74. The van der Waals surface area contributed by atoms with E-state index < -0.39 is 5.91 Å². The predicted molar refractivity (Wildman–Crippen MR) is 144 cm³/mol. The Bertz CT molecular complexity index is 1290. The highest BCUT2D eigenvalue weighted by molar-refractivity contribution is 6.31. The van der Waals surface area contributed by atoms with Gasteiger partial charge in [-0.05, 0) is 78.6 Å². The molecule has 4 amide bonds. The molecule has 0 spiro atoms. The topological polar surface area (TPSA) is 95.7 Å². The summed E-state index contributed by atoms with van der Waals surface area (Å²) in [4.78, 5) is 41.3. The molecule has 0 unspecified atom stereocenters. The molecule has 3 aromatic carbocycles. The number of likely N-dealkylation sites (tertiary alicyclic amines) is 1. The van der Waals surface area contributed by atoms with Gasteiger partial charge < -0.3 is 16.0 Å². The van der Waals surface area contributed by atoms with Crippen LogP contribution in [-0.2, 0) is 4.79 Å². The van der Waals surface area contributed by atoms with Crippen molar-refractivity contribution in [2.75, 3.05) is 29.9 Å². The summed E-state index contributed by atoms with van der Waals surface area (Å²) in [5, 5.41) is 4.02. The molecule has 186 valence electrons. The van der Waals surface area contributed by atoms with Gasteiger partial charge in [0.2, 0.25) is 11.8 Å². The summed E-state index contributed by atoms with van der Waals surface area (Å²) in [6, 6.07) is 16.8. The van der Waals surface area contributed by atoms with Gasteiger partial charge >= 0.3 is 6.03 Å². The molecule has 3 aromatic rings. The summed E-state index contributed by atoms with van der Waals surface area (Å²) in [5.74, 6) is -0.495. The number of hydrogen-bond donors (Lipinski definition) is 2. The van der Waals surface area contributed by atoms with E-state index in [4.69, 9.17) is 28.9 Å². The molecule has 7 nitrogen and oxygen atoms in total. The standard InChI is InChI=1S/C27H26Cl2N4O3/c1-17-23(13-12-22(26(30)35)25(17)18-4-6-19(28)7-5-18)33(16-15-32-14-2-3-24(32)34)27(36)31-21-10-8-20(29)9-11-21/h4-13H,2-3,14-16H2,1H3,(H2,30,35)(H,31,36). The van der Waals surface area contributed by atoms with Crippen LogP contribution < -0.4 is 16.0 Å². The minimum absolute atomic E-state index is 0.0794. The fourth-order valence-corrected chi connectivity index (χ4v) is 4.66. The Kier molecular flexibility index (Phi) is 7.82. The number of amides is 4. The van der Waals surface area contributed by atoms with Crippen molar-refractivity contribution in [2.24, 2.45) is 5.73 Å².